The van der Waals surface area contributed by atoms with Gasteiger partial charge in [-0.2, -0.15) is 0 Å². The van der Waals surface area contributed by atoms with E-state index in [0.717, 1.165) is 6.92 Å². The molecule has 3 aliphatic heterocycles. The molecule has 3 saturated heterocycles. The number of amides is 1. The van der Waals surface area contributed by atoms with Gasteiger partial charge in [0.05, 0.1) is 13.2 Å². The maximum absolute atomic E-state index is 11.7. The van der Waals surface area contributed by atoms with Crippen LogP contribution in [-0.2, 0) is 33.3 Å². The van der Waals surface area contributed by atoms with Crippen molar-refractivity contribution in [3.63, 3.8) is 0 Å². The van der Waals surface area contributed by atoms with Crippen molar-refractivity contribution in [3.8, 4) is 0 Å². The van der Waals surface area contributed by atoms with Gasteiger partial charge >= 0.3 is 5.97 Å². The number of aliphatic hydroxyl groups is 9. The summed E-state index contributed by atoms with van der Waals surface area (Å²) >= 11 is 0. The van der Waals surface area contributed by atoms with Crippen molar-refractivity contribution >= 4 is 11.9 Å². The summed E-state index contributed by atoms with van der Waals surface area (Å²) in [6.45, 7) is -0.642. The zero-order valence-corrected chi connectivity index (χ0v) is 19.9. The van der Waals surface area contributed by atoms with Crippen molar-refractivity contribution in [2.45, 2.75) is 99.0 Å². The predicted octanol–water partition coefficient (Wildman–Crippen LogP) is -7.34. The molecule has 0 aromatic carbocycles. The average molecular weight is 559 g/mol. The number of aliphatic hydroxyl groups excluding tert-OH is 9. The first-order valence-corrected chi connectivity index (χ1v) is 11.6. The van der Waals surface area contributed by atoms with Crippen LogP contribution in [0.15, 0.2) is 0 Å². The smallest absolute Gasteiger partial charge is 0.335 e. The fraction of sp³-hybridized carbons (Fsp3) is 0.900. The molecule has 0 aliphatic carbocycles. The van der Waals surface area contributed by atoms with Crippen LogP contribution in [-0.4, -0.2) is 168 Å². The molecule has 3 aliphatic rings. The maximum atomic E-state index is 11.7. The van der Waals surface area contributed by atoms with Crippen LogP contribution < -0.4 is 5.32 Å². The molecule has 0 saturated carbocycles. The number of rotatable bonds is 8. The number of nitrogens with one attached hydrogen (secondary N) is 1. The summed E-state index contributed by atoms with van der Waals surface area (Å²) < 4.78 is 26.6. The molecule has 11 N–H and O–H groups in total. The lowest BCUT2D eigenvalue weighted by atomic mass is 9.95. The first kappa shape index (κ1) is 30.9. The zero-order valence-electron chi connectivity index (χ0n) is 19.9. The van der Waals surface area contributed by atoms with E-state index >= 15 is 0 Å². The summed E-state index contributed by atoms with van der Waals surface area (Å²) in [5.41, 5.74) is 0. The summed E-state index contributed by atoms with van der Waals surface area (Å²) in [6.07, 6.45) is -25.5. The van der Waals surface area contributed by atoms with Crippen molar-refractivity contribution in [1.29, 1.82) is 0 Å². The fourth-order valence-electron chi connectivity index (χ4n) is 4.44. The molecule has 0 radical (unpaired) electrons. The van der Waals surface area contributed by atoms with Crippen LogP contribution in [0.3, 0.4) is 0 Å². The van der Waals surface area contributed by atoms with Crippen LogP contribution in [0.25, 0.3) is 0 Å². The zero-order chi connectivity index (χ0) is 28.5. The van der Waals surface area contributed by atoms with Crippen LogP contribution in [0.1, 0.15) is 6.92 Å². The van der Waals surface area contributed by atoms with E-state index < -0.39 is 117 Å². The molecule has 0 aromatic heterocycles. The van der Waals surface area contributed by atoms with Crippen LogP contribution in [0.5, 0.6) is 0 Å². The second-order valence-electron chi connectivity index (χ2n) is 9.11. The summed E-state index contributed by atoms with van der Waals surface area (Å²) in [7, 11) is 0. The Hall–Kier alpha value is -1.62. The number of carboxylic acid groups (broad SMARTS) is 1. The van der Waals surface area contributed by atoms with Gasteiger partial charge in [0.25, 0.3) is 0 Å². The predicted molar refractivity (Wildman–Crippen MR) is 113 cm³/mol. The van der Waals surface area contributed by atoms with Gasteiger partial charge in [-0.1, -0.05) is 0 Å². The van der Waals surface area contributed by atoms with E-state index in [1.165, 1.54) is 0 Å². The molecule has 3 heterocycles. The number of carbonyl (C=O) groups excluding carboxylic acids is 1. The van der Waals surface area contributed by atoms with E-state index in [9.17, 15) is 60.7 Å². The molecule has 0 unspecified atom stereocenters. The molecule has 0 spiro atoms. The number of carboxylic acids is 1. The van der Waals surface area contributed by atoms with Gasteiger partial charge in [0.2, 0.25) is 5.91 Å². The third-order valence-corrected chi connectivity index (χ3v) is 6.46. The Labute approximate surface area is 214 Å². The summed E-state index contributed by atoms with van der Waals surface area (Å²) in [5, 5.41) is 103. The summed E-state index contributed by atoms with van der Waals surface area (Å²) in [6, 6.07) is -1.59. The lowest BCUT2D eigenvalue weighted by Gasteiger charge is -2.48. The molecule has 18 heteroatoms. The molecule has 38 heavy (non-hydrogen) atoms. The van der Waals surface area contributed by atoms with Crippen molar-refractivity contribution in [2.75, 3.05) is 13.2 Å². The lowest BCUT2D eigenvalue weighted by Crippen LogP contribution is -2.69. The Kier molecular flexibility index (Phi) is 10.3. The molecule has 15 atom stereocenters. The van der Waals surface area contributed by atoms with Crippen molar-refractivity contribution in [3.05, 3.63) is 0 Å². The van der Waals surface area contributed by atoms with Gasteiger partial charge in [0, 0.05) is 6.92 Å². The minimum absolute atomic E-state index is 0.739. The Morgan fingerprint density at radius 1 is 0.711 bits per heavy atom. The van der Waals surface area contributed by atoms with Gasteiger partial charge in [-0.15, -0.1) is 0 Å². The Bertz CT molecular complexity index is 816. The van der Waals surface area contributed by atoms with Crippen molar-refractivity contribution in [1.82, 2.24) is 5.32 Å². The van der Waals surface area contributed by atoms with E-state index in [4.69, 9.17) is 23.7 Å². The number of aliphatic carboxylic acids is 1. The van der Waals surface area contributed by atoms with Crippen LogP contribution >= 0.6 is 0 Å². The topological polar surface area (TPSA) is 295 Å². The summed E-state index contributed by atoms with van der Waals surface area (Å²) in [4.78, 5) is 23.2. The van der Waals surface area contributed by atoms with Gasteiger partial charge in [-0.05, 0) is 0 Å². The minimum Gasteiger partial charge on any atom is -0.479 e. The molecule has 1 amide bonds. The van der Waals surface area contributed by atoms with Gasteiger partial charge in [-0.3, -0.25) is 4.79 Å². The molecule has 0 aromatic rings. The molecule has 3 fully saturated rings. The average Bonchev–Trinajstić information content (AvgIpc) is 2.86. The quantitative estimate of drug-likeness (QED) is 0.132. The molecule has 220 valence electrons. The Morgan fingerprint density at radius 3 is 1.87 bits per heavy atom. The van der Waals surface area contributed by atoms with Crippen LogP contribution in [0.2, 0.25) is 0 Å². The molecule has 0 bridgehead atoms. The third kappa shape index (κ3) is 6.24. The molecule has 18 nitrogen and oxygen atoms in total. The number of hydrogen-bond donors (Lipinski definition) is 11. The fourth-order valence-corrected chi connectivity index (χ4v) is 4.44. The van der Waals surface area contributed by atoms with Crippen molar-refractivity contribution < 1.29 is 84.3 Å². The van der Waals surface area contributed by atoms with E-state index in [1.807, 2.05) is 0 Å². The second-order valence-corrected chi connectivity index (χ2v) is 9.11. The monoisotopic (exact) mass is 559 g/mol. The Morgan fingerprint density at radius 2 is 1.32 bits per heavy atom. The first-order chi connectivity index (χ1) is 17.8. The third-order valence-electron chi connectivity index (χ3n) is 6.46. The Balaban J connectivity index is 1.86. The van der Waals surface area contributed by atoms with Crippen LogP contribution in [0, 0.1) is 0 Å². The number of ether oxygens (including phenoxy) is 5. The number of carbonyl (C=O) groups is 2. The van der Waals surface area contributed by atoms with Gasteiger partial charge in [0.1, 0.15) is 67.1 Å². The van der Waals surface area contributed by atoms with Crippen LogP contribution in [0.4, 0.5) is 0 Å². The molecule has 3 rings (SSSR count). The molecular weight excluding hydrogens is 526 g/mol. The van der Waals surface area contributed by atoms with E-state index in [1.54, 1.807) is 0 Å². The standard InChI is InChI=1S/C20H33NO17/c1-4(24)21-7-9(26)10(27)16(17(31)32)38-19(7)37-15-8(25)5(2-22)35-20(13(15)30)36-14-6(3-23)34-18(33)12(29)11(14)28/h5-16,18-20,22-23,25-30,33H,2-3H2,1H3,(H,21,24)(H,31,32)/t5-,6-,7-,8+,9-,10+,11-,12-,13-,14-,15+,16+,18+,19+,20+/m1/s1. The second kappa shape index (κ2) is 12.7. The van der Waals surface area contributed by atoms with E-state index in [0.29, 0.717) is 0 Å². The lowest BCUT2D eigenvalue weighted by molar-refractivity contribution is -0.371. The normalized spacial score (nSPS) is 47.9. The van der Waals surface area contributed by atoms with Gasteiger partial charge in [0.15, 0.2) is 25.0 Å². The number of hydrogen-bond acceptors (Lipinski definition) is 16. The highest BCUT2D eigenvalue weighted by atomic mass is 16.7. The first-order valence-electron chi connectivity index (χ1n) is 11.6. The van der Waals surface area contributed by atoms with E-state index in [2.05, 4.69) is 5.32 Å². The van der Waals surface area contributed by atoms with E-state index in [-0.39, 0.29) is 0 Å². The van der Waals surface area contributed by atoms with Gasteiger partial charge in [-0.25, -0.2) is 4.79 Å². The largest absolute Gasteiger partial charge is 0.479 e. The SMILES string of the molecule is CC(=O)N[C@H]1[C@@H](O[C@H]2[C@@H](O)[C@@H](CO)O[C@@H](O[C@H]3[C@H](O)[C@@H](O)[C@@H](O)O[C@@H]3CO)[C@@H]2O)O[C@H](C(=O)O)[C@@H](O)[C@@H]1O. The maximum Gasteiger partial charge on any atom is 0.335 e. The highest BCUT2D eigenvalue weighted by Gasteiger charge is 2.54. The molecular formula is C20H33NO17. The minimum atomic E-state index is -2.04. The highest BCUT2D eigenvalue weighted by molar-refractivity contribution is 5.74. The van der Waals surface area contributed by atoms with Crippen molar-refractivity contribution in [2.24, 2.45) is 0 Å². The van der Waals surface area contributed by atoms with Gasteiger partial charge < -0.3 is 80.1 Å². The summed E-state index contributed by atoms with van der Waals surface area (Å²) in [5.74, 6) is -2.44. The highest BCUT2D eigenvalue weighted by Crippen LogP contribution is 2.32.